The number of rotatable bonds is 2. The number of carbonyl (C=O) groups is 1. The summed E-state index contributed by atoms with van der Waals surface area (Å²) in [6.07, 6.45) is 4.56. The maximum Gasteiger partial charge on any atom is 0.257 e. The summed E-state index contributed by atoms with van der Waals surface area (Å²) in [7, 11) is 0. The molecule has 1 aliphatic carbocycles. The average Bonchev–Trinajstić information content (AvgIpc) is 2.52. The topological polar surface area (TPSA) is 108 Å². The summed E-state index contributed by atoms with van der Waals surface area (Å²) >= 11 is 0. The highest BCUT2D eigenvalue weighted by Gasteiger charge is 2.35. The highest BCUT2D eigenvalue weighted by Crippen LogP contribution is 2.40. The summed E-state index contributed by atoms with van der Waals surface area (Å²) in [5.41, 5.74) is 1.23. The van der Waals surface area contributed by atoms with E-state index in [2.05, 4.69) is 49.9 Å². The first kappa shape index (κ1) is 19.1. The number of aromatic amines is 1. The molecule has 1 unspecified atom stereocenters. The van der Waals surface area contributed by atoms with Gasteiger partial charge in [0.15, 0.2) is 0 Å². The Labute approximate surface area is 158 Å². The van der Waals surface area contributed by atoms with E-state index in [4.69, 9.17) is 4.98 Å². The number of carbonyl (C=O) groups excluding carboxylic acids is 1. The smallest absolute Gasteiger partial charge is 0.257 e. The molecule has 0 aliphatic heterocycles. The highest BCUT2D eigenvalue weighted by atomic mass is 16.3. The maximum absolute atomic E-state index is 12.7. The van der Waals surface area contributed by atoms with Crippen LogP contribution < -0.4 is 10.9 Å². The van der Waals surface area contributed by atoms with Gasteiger partial charge in [0, 0.05) is 35.1 Å². The minimum atomic E-state index is -0.462. The van der Waals surface area contributed by atoms with Gasteiger partial charge in [0.2, 0.25) is 0 Å². The van der Waals surface area contributed by atoms with Gasteiger partial charge in [0.1, 0.15) is 11.6 Å². The van der Waals surface area contributed by atoms with Gasteiger partial charge < -0.3 is 15.4 Å². The number of aromatic nitrogens is 3. The van der Waals surface area contributed by atoms with Gasteiger partial charge in [-0.3, -0.25) is 9.59 Å². The van der Waals surface area contributed by atoms with Crippen molar-refractivity contribution in [2.24, 2.45) is 5.41 Å². The second-order valence-electron chi connectivity index (χ2n) is 9.01. The Morgan fingerprint density at radius 1 is 1.37 bits per heavy atom. The van der Waals surface area contributed by atoms with Crippen molar-refractivity contribution in [3.05, 3.63) is 51.5 Å². The van der Waals surface area contributed by atoms with E-state index in [9.17, 15) is 14.7 Å². The Hall–Kier alpha value is -2.70. The Morgan fingerprint density at radius 2 is 2.07 bits per heavy atom. The molecule has 0 saturated carbocycles. The number of pyridine rings is 1. The minimum absolute atomic E-state index is 0.0340. The van der Waals surface area contributed by atoms with Crippen molar-refractivity contribution < 1.29 is 9.90 Å². The quantitative estimate of drug-likeness (QED) is 0.753. The maximum atomic E-state index is 12.7. The number of hydrogen-bond donors (Lipinski definition) is 3. The van der Waals surface area contributed by atoms with Crippen LogP contribution in [0.2, 0.25) is 0 Å². The second-order valence-corrected chi connectivity index (χ2v) is 9.01. The molecule has 1 atom stereocenters. The zero-order chi connectivity index (χ0) is 20.0. The minimum Gasteiger partial charge on any atom is -0.507 e. The number of aromatic hydroxyl groups is 1. The summed E-state index contributed by atoms with van der Waals surface area (Å²) in [5.74, 6) is -0.00882. The van der Waals surface area contributed by atoms with Gasteiger partial charge >= 0.3 is 0 Å². The van der Waals surface area contributed by atoms with Crippen molar-refractivity contribution in [1.29, 1.82) is 0 Å². The Kier molecular flexibility index (Phi) is 4.57. The number of amides is 1. The molecule has 144 valence electrons. The third-order valence-corrected chi connectivity index (χ3v) is 4.80. The van der Waals surface area contributed by atoms with Crippen molar-refractivity contribution in [2.75, 3.05) is 0 Å². The molecule has 2 aromatic heterocycles. The van der Waals surface area contributed by atoms with Crippen molar-refractivity contribution in [2.45, 2.75) is 58.9 Å². The zero-order valence-corrected chi connectivity index (χ0v) is 16.4. The van der Waals surface area contributed by atoms with E-state index in [0.29, 0.717) is 0 Å². The molecular formula is C20H26N4O3. The summed E-state index contributed by atoms with van der Waals surface area (Å²) in [5, 5.41) is 12.9. The second kappa shape index (κ2) is 6.48. The average molecular weight is 370 g/mol. The van der Waals surface area contributed by atoms with Crippen molar-refractivity contribution in [3.8, 4) is 5.75 Å². The van der Waals surface area contributed by atoms with Crippen LogP contribution in [0.1, 0.15) is 74.5 Å². The Balaban J connectivity index is 1.94. The van der Waals surface area contributed by atoms with E-state index in [1.54, 1.807) is 6.20 Å². The number of nitrogens with one attached hydrogen (secondary N) is 2. The summed E-state index contributed by atoms with van der Waals surface area (Å²) in [6.45, 7) is 10.5. The highest BCUT2D eigenvalue weighted by molar-refractivity contribution is 5.96. The van der Waals surface area contributed by atoms with Crippen LogP contribution in [0.15, 0.2) is 23.3 Å². The van der Waals surface area contributed by atoms with Crippen molar-refractivity contribution in [3.63, 3.8) is 0 Å². The van der Waals surface area contributed by atoms with Gasteiger partial charge in [0.05, 0.1) is 11.6 Å². The molecule has 1 amide bonds. The number of hydrogen-bond acceptors (Lipinski definition) is 5. The first-order chi connectivity index (χ1) is 12.5. The largest absolute Gasteiger partial charge is 0.507 e. The van der Waals surface area contributed by atoms with Crippen LogP contribution in [-0.2, 0) is 11.8 Å². The first-order valence-electron chi connectivity index (χ1n) is 9.05. The van der Waals surface area contributed by atoms with Gasteiger partial charge in [-0.15, -0.1) is 0 Å². The lowest BCUT2D eigenvalue weighted by Gasteiger charge is -2.37. The van der Waals surface area contributed by atoms with E-state index in [-0.39, 0.29) is 28.2 Å². The van der Waals surface area contributed by atoms with E-state index in [0.717, 1.165) is 36.0 Å². The molecule has 7 nitrogen and oxygen atoms in total. The van der Waals surface area contributed by atoms with E-state index >= 15 is 0 Å². The molecule has 0 saturated heterocycles. The molecular weight excluding hydrogens is 344 g/mol. The molecule has 1 aliphatic rings. The summed E-state index contributed by atoms with van der Waals surface area (Å²) in [4.78, 5) is 35.6. The van der Waals surface area contributed by atoms with Gasteiger partial charge in [-0.1, -0.05) is 34.6 Å². The molecule has 27 heavy (non-hydrogen) atoms. The van der Waals surface area contributed by atoms with Gasteiger partial charge in [-0.05, 0) is 18.3 Å². The molecule has 0 aromatic carbocycles. The zero-order valence-electron chi connectivity index (χ0n) is 16.4. The number of H-pyrrole nitrogens is 1. The van der Waals surface area contributed by atoms with Crippen molar-refractivity contribution >= 4 is 5.91 Å². The molecule has 3 rings (SSSR count). The lowest BCUT2D eigenvalue weighted by atomic mass is 9.74. The van der Waals surface area contributed by atoms with Crippen LogP contribution in [0.5, 0.6) is 5.75 Å². The van der Waals surface area contributed by atoms with E-state index in [1.807, 2.05) is 0 Å². The Morgan fingerprint density at radius 3 is 2.70 bits per heavy atom. The third-order valence-electron chi connectivity index (χ3n) is 4.80. The van der Waals surface area contributed by atoms with Crippen LogP contribution >= 0.6 is 0 Å². The molecule has 3 N–H and O–H groups in total. The van der Waals surface area contributed by atoms with E-state index in [1.165, 1.54) is 6.20 Å². The normalized spacial score (nSPS) is 18.6. The number of fused-ring (bicyclic) bond motifs is 1. The van der Waals surface area contributed by atoms with Gasteiger partial charge in [-0.2, -0.15) is 0 Å². The monoisotopic (exact) mass is 370 g/mol. The van der Waals surface area contributed by atoms with Crippen LogP contribution in [0.4, 0.5) is 0 Å². The molecule has 2 heterocycles. The standard InChI is InChI=1S/C20H26N4O3/c1-19(2,3)18-22-9-11-13(7-20(4,5)8-14(11)24-18)23-17(27)12-10-21-16(26)6-15(12)25/h6,9-10,13H,7-8H2,1-5H3,(H,23,27)(H2,21,25,26). The molecule has 0 spiro atoms. The summed E-state index contributed by atoms with van der Waals surface area (Å²) in [6, 6.07) is 0.725. The summed E-state index contributed by atoms with van der Waals surface area (Å²) < 4.78 is 0. The van der Waals surface area contributed by atoms with Crippen LogP contribution in [-0.4, -0.2) is 26.0 Å². The molecule has 2 aromatic rings. The first-order valence-corrected chi connectivity index (χ1v) is 9.05. The van der Waals surface area contributed by atoms with Crippen molar-refractivity contribution in [1.82, 2.24) is 20.3 Å². The number of nitrogens with zero attached hydrogens (tertiary/aromatic N) is 2. The predicted molar refractivity (Wildman–Crippen MR) is 102 cm³/mol. The SMILES string of the molecule is CC1(C)Cc2nc(C(C)(C)C)ncc2C(NC(=O)c2c[nH]c(=O)cc2O)C1. The Bertz CT molecular complexity index is 941. The fraction of sp³-hybridized carbons (Fsp3) is 0.500. The fourth-order valence-corrected chi connectivity index (χ4v) is 3.42. The fourth-order valence-electron chi connectivity index (χ4n) is 3.42. The lowest BCUT2D eigenvalue weighted by molar-refractivity contribution is 0.0915. The lowest BCUT2D eigenvalue weighted by Crippen LogP contribution is -2.38. The van der Waals surface area contributed by atoms with Gasteiger partial charge in [-0.25, -0.2) is 9.97 Å². The van der Waals surface area contributed by atoms with Crippen LogP contribution in [0, 0.1) is 5.41 Å². The van der Waals surface area contributed by atoms with E-state index < -0.39 is 11.5 Å². The van der Waals surface area contributed by atoms with Gasteiger partial charge in [0.25, 0.3) is 11.5 Å². The third kappa shape index (κ3) is 4.02. The molecule has 0 bridgehead atoms. The molecule has 7 heteroatoms. The van der Waals surface area contributed by atoms with Crippen LogP contribution in [0.3, 0.4) is 0 Å². The molecule has 0 radical (unpaired) electrons. The predicted octanol–water partition coefficient (Wildman–Crippen LogP) is 2.61. The van der Waals surface area contributed by atoms with Crippen LogP contribution in [0.25, 0.3) is 0 Å². The molecule has 0 fully saturated rings.